The van der Waals surface area contributed by atoms with Crippen molar-refractivity contribution in [3.8, 4) is 0 Å². The maximum atomic E-state index is 4.03. The molecule has 0 radical (unpaired) electrons. The van der Waals surface area contributed by atoms with Gasteiger partial charge in [-0.1, -0.05) is 0 Å². The van der Waals surface area contributed by atoms with Crippen molar-refractivity contribution in [3.05, 3.63) is 30.1 Å². The van der Waals surface area contributed by atoms with Crippen molar-refractivity contribution < 1.29 is 0 Å². The van der Waals surface area contributed by atoms with Gasteiger partial charge in [-0.05, 0) is 37.7 Å². The van der Waals surface area contributed by atoms with Crippen LogP contribution in [-0.4, -0.2) is 25.1 Å². The highest BCUT2D eigenvalue weighted by atomic mass is 35.5. The van der Waals surface area contributed by atoms with Crippen LogP contribution in [0.4, 0.5) is 0 Å². The standard InChI is InChI=1S/C10H15N3.ClH/c1-11-10(4-7-13-8-10)9-2-5-12-6-3-9;/h2-3,5-6,11,13H,4,7-8H2,1H3;1H. The number of nitrogens with one attached hydrogen (secondary N) is 2. The summed E-state index contributed by atoms with van der Waals surface area (Å²) in [4.78, 5) is 4.03. The maximum Gasteiger partial charge on any atom is 0.0571 e. The zero-order valence-corrected chi connectivity index (χ0v) is 9.10. The van der Waals surface area contributed by atoms with Gasteiger partial charge in [-0.2, -0.15) is 0 Å². The molecule has 2 heterocycles. The predicted octanol–water partition coefficient (Wildman–Crippen LogP) is 0.911. The fourth-order valence-electron chi connectivity index (χ4n) is 1.97. The molecule has 1 aromatic heterocycles. The molecule has 1 atom stereocenters. The molecule has 0 saturated carbocycles. The first-order valence-corrected chi connectivity index (χ1v) is 4.67. The van der Waals surface area contributed by atoms with E-state index < -0.39 is 0 Å². The number of rotatable bonds is 2. The van der Waals surface area contributed by atoms with E-state index in [2.05, 4.69) is 27.8 Å². The van der Waals surface area contributed by atoms with Gasteiger partial charge in [0.05, 0.1) is 5.54 Å². The van der Waals surface area contributed by atoms with Crippen LogP contribution in [0.5, 0.6) is 0 Å². The molecule has 4 heteroatoms. The number of halogens is 1. The van der Waals surface area contributed by atoms with Crippen LogP contribution in [0.3, 0.4) is 0 Å². The lowest BCUT2D eigenvalue weighted by Crippen LogP contribution is -2.41. The summed E-state index contributed by atoms with van der Waals surface area (Å²) in [6.07, 6.45) is 4.85. The summed E-state index contributed by atoms with van der Waals surface area (Å²) in [7, 11) is 2.02. The van der Waals surface area contributed by atoms with Gasteiger partial charge in [0, 0.05) is 18.9 Å². The third kappa shape index (κ3) is 1.90. The number of aromatic nitrogens is 1. The molecule has 0 aliphatic carbocycles. The van der Waals surface area contributed by atoms with Gasteiger partial charge in [0.2, 0.25) is 0 Å². The quantitative estimate of drug-likeness (QED) is 0.767. The Labute approximate surface area is 90.7 Å². The van der Waals surface area contributed by atoms with E-state index in [1.807, 2.05) is 19.4 Å². The molecule has 1 aromatic rings. The Balaban J connectivity index is 0.000000980. The Hall–Kier alpha value is -0.640. The molecular formula is C10H16ClN3. The largest absolute Gasteiger partial charge is 0.314 e. The molecule has 0 amide bonds. The summed E-state index contributed by atoms with van der Waals surface area (Å²) in [6.45, 7) is 2.09. The summed E-state index contributed by atoms with van der Waals surface area (Å²) >= 11 is 0. The lowest BCUT2D eigenvalue weighted by Gasteiger charge is -2.28. The Morgan fingerprint density at radius 1 is 1.43 bits per heavy atom. The summed E-state index contributed by atoms with van der Waals surface area (Å²) in [5.41, 5.74) is 1.46. The number of hydrogen-bond donors (Lipinski definition) is 2. The normalized spacial score (nSPS) is 25.8. The Bertz CT molecular complexity index is 270. The van der Waals surface area contributed by atoms with Gasteiger partial charge < -0.3 is 10.6 Å². The van der Waals surface area contributed by atoms with Crippen LogP contribution in [0.2, 0.25) is 0 Å². The minimum Gasteiger partial charge on any atom is -0.314 e. The minimum atomic E-state index is 0. The van der Waals surface area contributed by atoms with Crippen LogP contribution in [0, 0.1) is 0 Å². The highest BCUT2D eigenvalue weighted by Crippen LogP contribution is 2.26. The molecule has 78 valence electrons. The maximum absolute atomic E-state index is 4.03. The summed E-state index contributed by atoms with van der Waals surface area (Å²) in [5.74, 6) is 0. The second kappa shape index (κ2) is 4.73. The number of likely N-dealkylation sites (N-methyl/N-ethyl adjacent to an activating group) is 1. The van der Waals surface area contributed by atoms with Crippen molar-refractivity contribution in [1.29, 1.82) is 0 Å². The van der Waals surface area contributed by atoms with Crippen LogP contribution in [-0.2, 0) is 5.54 Å². The molecule has 1 saturated heterocycles. The SMILES string of the molecule is CNC1(c2ccncc2)CCNC1.Cl. The predicted molar refractivity (Wildman–Crippen MR) is 59.7 cm³/mol. The first-order chi connectivity index (χ1) is 6.37. The van der Waals surface area contributed by atoms with Crippen molar-refractivity contribution in [2.24, 2.45) is 0 Å². The molecule has 1 unspecified atom stereocenters. The molecule has 1 aliphatic rings. The molecule has 14 heavy (non-hydrogen) atoms. The van der Waals surface area contributed by atoms with E-state index in [9.17, 15) is 0 Å². The van der Waals surface area contributed by atoms with Gasteiger partial charge in [-0.15, -0.1) is 12.4 Å². The lowest BCUT2D eigenvalue weighted by molar-refractivity contribution is 0.398. The number of pyridine rings is 1. The van der Waals surface area contributed by atoms with Crippen LogP contribution >= 0.6 is 12.4 Å². The molecular weight excluding hydrogens is 198 g/mol. The molecule has 2 rings (SSSR count). The molecule has 3 nitrogen and oxygen atoms in total. The van der Waals surface area contributed by atoms with Gasteiger partial charge in [0.15, 0.2) is 0 Å². The number of nitrogens with zero attached hydrogens (tertiary/aromatic N) is 1. The van der Waals surface area contributed by atoms with E-state index in [1.165, 1.54) is 5.56 Å². The van der Waals surface area contributed by atoms with Crippen LogP contribution < -0.4 is 10.6 Å². The first-order valence-electron chi connectivity index (χ1n) is 4.67. The van der Waals surface area contributed by atoms with Gasteiger partial charge in [-0.25, -0.2) is 0 Å². The van der Waals surface area contributed by atoms with Gasteiger partial charge >= 0.3 is 0 Å². The second-order valence-corrected chi connectivity index (χ2v) is 3.49. The average Bonchev–Trinajstić information content (AvgIpc) is 2.69. The van der Waals surface area contributed by atoms with Gasteiger partial charge in [0.25, 0.3) is 0 Å². The highest BCUT2D eigenvalue weighted by Gasteiger charge is 2.33. The summed E-state index contributed by atoms with van der Waals surface area (Å²) < 4.78 is 0. The summed E-state index contributed by atoms with van der Waals surface area (Å²) in [6, 6.07) is 4.17. The monoisotopic (exact) mass is 213 g/mol. The van der Waals surface area contributed by atoms with Crippen LogP contribution in [0.15, 0.2) is 24.5 Å². The van der Waals surface area contributed by atoms with Crippen molar-refractivity contribution >= 4 is 12.4 Å². The first kappa shape index (κ1) is 11.4. The fraction of sp³-hybridized carbons (Fsp3) is 0.500. The van der Waals surface area contributed by atoms with Gasteiger partial charge in [-0.3, -0.25) is 4.98 Å². The van der Waals surface area contributed by atoms with Crippen molar-refractivity contribution in [2.45, 2.75) is 12.0 Å². The van der Waals surface area contributed by atoms with E-state index in [0.29, 0.717) is 0 Å². The average molecular weight is 214 g/mol. The third-order valence-electron chi connectivity index (χ3n) is 2.87. The zero-order chi connectivity index (χ0) is 9.15. The number of hydrogen-bond acceptors (Lipinski definition) is 3. The Kier molecular flexibility index (Phi) is 3.86. The molecule has 0 bridgehead atoms. The van der Waals surface area contributed by atoms with E-state index in [4.69, 9.17) is 0 Å². The molecule has 0 spiro atoms. The van der Waals surface area contributed by atoms with Crippen LogP contribution in [0.25, 0.3) is 0 Å². The van der Waals surface area contributed by atoms with Crippen molar-refractivity contribution in [2.75, 3.05) is 20.1 Å². The Morgan fingerprint density at radius 3 is 2.64 bits per heavy atom. The topological polar surface area (TPSA) is 37.0 Å². The molecule has 0 aromatic carbocycles. The van der Waals surface area contributed by atoms with Crippen molar-refractivity contribution in [3.63, 3.8) is 0 Å². The second-order valence-electron chi connectivity index (χ2n) is 3.49. The smallest absolute Gasteiger partial charge is 0.0571 e. The van der Waals surface area contributed by atoms with E-state index >= 15 is 0 Å². The fourth-order valence-corrected chi connectivity index (χ4v) is 1.97. The molecule has 1 fully saturated rings. The van der Waals surface area contributed by atoms with Gasteiger partial charge in [0.1, 0.15) is 0 Å². The lowest BCUT2D eigenvalue weighted by atomic mass is 9.90. The van der Waals surface area contributed by atoms with Crippen LogP contribution in [0.1, 0.15) is 12.0 Å². The molecule has 2 N–H and O–H groups in total. The van der Waals surface area contributed by atoms with Crippen molar-refractivity contribution in [1.82, 2.24) is 15.6 Å². The van der Waals surface area contributed by atoms with E-state index in [-0.39, 0.29) is 17.9 Å². The van der Waals surface area contributed by atoms with E-state index in [0.717, 1.165) is 19.5 Å². The highest BCUT2D eigenvalue weighted by molar-refractivity contribution is 5.85. The Morgan fingerprint density at radius 2 is 2.14 bits per heavy atom. The minimum absolute atomic E-state index is 0. The van der Waals surface area contributed by atoms with E-state index in [1.54, 1.807) is 0 Å². The summed E-state index contributed by atoms with van der Waals surface area (Å²) in [5, 5.41) is 6.78. The zero-order valence-electron chi connectivity index (χ0n) is 8.29. The molecule has 1 aliphatic heterocycles. The third-order valence-corrected chi connectivity index (χ3v) is 2.87.